The number of hydrogen-bond donors (Lipinski definition) is 1. The van der Waals surface area contributed by atoms with Gasteiger partial charge in [-0.3, -0.25) is 14.2 Å². The Morgan fingerprint density at radius 1 is 1.69 bits per heavy atom. The van der Waals surface area contributed by atoms with Gasteiger partial charge in [0.2, 0.25) is 5.91 Å². The Labute approximate surface area is 97.4 Å². The molecule has 1 aromatic rings. The molecule has 1 N–H and O–H groups in total. The molecule has 1 fully saturated rings. The molecule has 1 amide bonds. The highest BCUT2D eigenvalue weighted by molar-refractivity contribution is 6.29. The zero-order valence-electron chi connectivity index (χ0n) is 8.86. The van der Waals surface area contributed by atoms with Gasteiger partial charge in [0.15, 0.2) is 0 Å². The van der Waals surface area contributed by atoms with Gasteiger partial charge in [-0.15, -0.1) is 0 Å². The maximum absolute atomic E-state index is 11.6. The van der Waals surface area contributed by atoms with Crippen LogP contribution in [0.2, 0.25) is 5.15 Å². The fraction of sp³-hybridized carbons (Fsp3) is 0.500. The third-order valence-electron chi connectivity index (χ3n) is 2.41. The quantitative estimate of drug-likeness (QED) is 0.783. The number of rotatable bonds is 3. The largest absolute Gasteiger partial charge is 0.352 e. The first-order valence-corrected chi connectivity index (χ1v) is 5.47. The van der Waals surface area contributed by atoms with Crippen molar-refractivity contribution in [3.63, 3.8) is 0 Å². The Bertz CT molecular complexity index is 479. The van der Waals surface area contributed by atoms with Gasteiger partial charge < -0.3 is 5.32 Å². The van der Waals surface area contributed by atoms with Crippen LogP contribution in [0.15, 0.2) is 10.9 Å². The summed E-state index contributed by atoms with van der Waals surface area (Å²) in [6.45, 7) is 1.66. The summed E-state index contributed by atoms with van der Waals surface area (Å²) in [7, 11) is 0. The summed E-state index contributed by atoms with van der Waals surface area (Å²) >= 11 is 5.63. The SMILES string of the molecule is Cc1nc(Cl)cc(=O)n1CC(=O)NC1CC1. The van der Waals surface area contributed by atoms with Crippen LogP contribution in [-0.4, -0.2) is 21.5 Å². The summed E-state index contributed by atoms with van der Waals surface area (Å²) < 4.78 is 1.31. The number of nitrogens with zero attached hydrogens (tertiary/aromatic N) is 2. The van der Waals surface area contributed by atoms with Crippen molar-refractivity contribution in [2.75, 3.05) is 0 Å². The fourth-order valence-electron chi connectivity index (χ4n) is 1.42. The van der Waals surface area contributed by atoms with Gasteiger partial charge in [0.05, 0.1) is 0 Å². The Kier molecular flexibility index (Phi) is 2.96. The zero-order valence-corrected chi connectivity index (χ0v) is 9.62. The molecule has 0 aromatic carbocycles. The Morgan fingerprint density at radius 3 is 2.94 bits per heavy atom. The van der Waals surface area contributed by atoms with Crippen molar-refractivity contribution in [2.24, 2.45) is 0 Å². The third-order valence-corrected chi connectivity index (χ3v) is 2.61. The van der Waals surface area contributed by atoms with Crippen molar-refractivity contribution in [3.05, 3.63) is 27.4 Å². The monoisotopic (exact) mass is 241 g/mol. The first kappa shape index (κ1) is 11.1. The molecule has 0 bridgehead atoms. The van der Waals surface area contributed by atoms with Gasteiger partial charge in [0.25, 0.3) is 5.56 Å². The molecule has 86 valence electrons. The molecule has 0 spiro atoms. The lowest BCUT2D eigenvalue weighted by atomic mass is 10.4. The summed E-state index contributed by atoms with van der Waals surface area (Å²) in [5, 5.41) is 2.97. The molecule has 0 unspecified atom stereocenters. The van der Waals surface area contributed by atoms with Crippen molar-refractivity contribution in [3.8, 4) is 0 Å². The minimum atomic E-state index is -0.302. The second-order valence-corrected chi connectivity index (χ2v) is 4.28. The van der Waals surface area contributed by atoms with Gasteiger partial charge in [0, 0.05) is 12.1 Å². The first-order valence-electron chi connectivity index (χ1n) is 5.09. The number of carbonyl (C=O) groups is 1. The van der Waals surface area contributed by atoms with E-state index in [2.05, 4.69) is 10.3 Å². The smallest absolute Gasteiger partial charge is 0.255 e. The molecule has 0 saturated heterocycles. The highest BCUT2D eigenvalue weighted by atomic mass is 35.5. The highest BCUT2D eigenvalue weighted by Crippen LogP contribution is 2.18. The molecule has 1 heterocycles. The Balaban J connectivity index is 2.13. The molecular weight excluding hydrogens is 230 g/mol. The summed E-state index contributed by atoms with van der Waals surface area (Å²) in [5.41, 5.74) is -0.302. The molecule has 16 heavy (non-hydrogen) atoms. The molecule has 0 atom stereocenters. The number of carbonyl (C=O) groups excluding carboxylic acids is 1. The van der Waals surface area contributed by atoms with Gasteiger partial charge in [-0.05, 0) is 19.8 Å². The minimum Gasteiger partial charge on any atom is -0.352 e. The Morgan fingerprint density at radius 2 is 2.38 bits per heavy atom. The number of aromatic nitrogens is 2. The van der Waals surface area contributed by atoms with Crippen LogP contribution in [0.4, 0.5) is 0 Å². The van der Waals surface area contributed by atoms with Crippen LogP contribution in [0.1, 0.15) is 18.7 Å². The van der Waals surface area contributed by atoms with E-state index in [0.717, 1.165) is 12.8 Å². The van der Waals surface area contributed by atoms with Crippen LogP contribution in [0.25, 0.3) is 0 Å². The van der Waals surface area contributed by atoms with Crippen molar-refractivity contribution in [2.45, 2.75) is 32.4 Å². The van der Waals surface area contributed by atoms with Crippen LogP contribution in [0.3, 0.4) is 0 Å². The van der Waals surface area contributed by atoms with E-state index in [-0.39, 0.29) is 23.2 Å². The summed E-state index contributed by atoms with van der Waals surface area (Å²) in [6.07, 6.45) is 2.05. The van der Waals surface area contributed by atoms with E-state index in [0.29, 0.717) is 11.9 Å². The molecule has 1 saturated carbocycles. The van der Waals surface area contributed by atoms with Gasteiger partial charge in [-0.1, -0.05) is 11.6 Å². The van der Waals surface area contributed by atoms with Crippen LogP contribution in [0.5, 0.6) is 0 Å². The van der Waals surface area contributed by atoms with E-state index in [1.165, 1.54) is 10.6 Å². The lowest BCUT2D eigenvalue weighted by molar-refractivity contribution is -0.121. The standard InChI is InChI=1S/C10H12ClN3O2/c1-6-12-8(11)4-10(16)14(6)5-9(15)13-7-2-3-7/h4,7H,2-3,5H2,1H3,(H,13,15). The minimum absolute atomic E-state index is 0.00529. The molecule has 0 radical (unpaired) electrons. The van der Waals surface area contributed by atoms with Gasteiger partial charge in [-0.25, -0.2) is 4.98 Å². The molecule has 0 aliphatic heterocycles. The molecule has 1 aliphatic carbocycles. The molecule has 6 heteroatoms. The number of nitrogens with one attached hydrogen (secondary N) is 1. The van der Waals surface area contributed by atoms with Gasteiger partial charge >= 0.3 is 0 Å². The van der Waals surface area contributed by atoms with Crippen LogP contribution < -0.4 is 10.9 Å². The predicted molar refractivity (Wildman–Crippen MR) is 59.4 cm³/mol. The predicted octanol–water partition coefficient (Wildman–Crippen LogP) is 0.484. The number of hydrogen-bond acceptors (Lipinski definition) is 3. The van der Waals surface area contributed by atoms with Crippen molar-refractivity contribution in [1.82, 2.24) is 14.9 Å². The average molecular weight is 242 g/mol. The highest BCUT2D eigenvalue weighted by Gasteiger charge is 2.23. The lowest BCUT2D eigenvalue weighted by Gasteiger charge is -2.08. The van der Waals surface area contributed by atoms with Gasteiger partial charge in [0.1, 0.15) is 17.5 Å². The average Bonchev–Trinajstić information content (AvgIpc) is 2.95. The van der Waals surface area contributed by atoms with E-state index in [9.17, 15) is 9.59 Å². The molecule has 2 rings (SSSR count). The summed E-state index contributed by atoms with van der Waals surface area (Å²) in [5.74, 6) is 0.292. The molecule has 1 aliphatic rings. The summed E-state index contributed by atoms with van der Waals surface area (Å²) in [6, 6.07) is 1.50. The van der Waals surface area contributed by atoms with Crippen LogP contribution >= 0.6 is 11.6 Å². The number of aryl methyl sites for hydroxylation is 1. The van der Waals surface area contributed by atoms with E-state index < -0.39 is 0 Å². The van der Waals surface area contributed by atoms with Crippen molar-refractivity contribution < 1.29 is 4.79 Å². The molecule has 1 aromatic heterocycles. The number of amides is 1. The maximum Gasteiger partial charge on any atom is 0.255 e. The van der Waals surface area contributed by atoms with E-state index >= 15 is 0 Å². The number of halogens is 1. The topological polar surface area (TPSA) is 64.0 Å². The Hall–Kier alpha value is -1.36. The zero-order chi connectivity index (χ0) is 11.7. The van der Waals surface area contributed by atoms with Crippen molar-refractivity contribution >= 4 is 17.5 Å². The summed E-state index contributed by atoms with van der Waals surface area (Å²) in [4.78, 5) is 27.0. The van der Waals surface area contributed by atoms with E-state index in [4.69, 9.17) is 11.6 Å². The van der Waals surface area contributed by atoms with E-state index in [1.807, 2.05) is 0 Å². The van der Waals surface area contributed by atoms with Crippen LogP contribution in [0, 0.1) is 6.92 Å². The third kappa shape index (κ3) is 2.61. The van der Waals surface area contributed by atoms with Gasteiger partial charge in [-0.2, -0.15) is 0 Å². The molecular formula is C10H12ClN3O2. The second-order valence-electron chi connectivity index (χ2n) is 3.89. The molecule has 5 nitrogen and oxygen atoms in total. The normalized spacial score (nSPS) is 14.9. The lowest BCUT2D eigenvalue weighted by Crippen LogP contribution is -2.34. The second kappa shape index (κ2) is 4.25. The van der Waals surface area contributed by atoms with E-state index in [1.54, 1.807) is 6.92 Å². The van der Waals surface area contributed by atoms with Crippen molar-refractivity contribution in [1.29, 1.82) is 0 Å². The van der Waals surface area contributed by atoms with Crippen LogP contribution in [-0.2, 0) is 11.3 Å². The first-order chi connectivity index (χ1) is 7.56. The maximum atomic E-state index is 11.6. The fourth-order valence-corrected chi connectivity index (χ4v) is 1.64.